The molecule has 8 atom stereocenters. The van der Waals surface area contributed by atoms with E-state index in [1.54, 1.807) is 5.57 Å². The molecule has 4 fully saturated rings. The quantitative estimate of drug-likeness (QED) is 0.177. The van der Waals surface area contributed by atoms with Gasteiger partial charge in [0.25, 0.3) is 0 Å². The van der Waals surface area contributed by atoms with Crippen molar-refractivity contribution < 1.29 is 19.0 Å². The fourth-order valence-corrected chi connectivity index (χ4v) is 11.3. The number of carbonyl (C=O) groups is 1. The van der Waals surface area contributed by atoms with Crippen molar-refractivity contribution in [1.82, 2.24) is 0 Å². The average Bonchev–Trinajstić information content (AvgIpc) is 3.44. The Bertz CT molecular complexity index is 1480. The molecule has 0 spiro atoms. The van der Waals surface area contributed by atoms with Gasteiger partial charge in [0, 0.05) is 11.8 Å². The molecule has 1 aliphatic heterocycles. The first-order valence-electron chi connectivity index (χ1n) is 19.8. The maximum absolute atomic E-state index is 13.3. The molecular weight excluding hydrogens is 604 g/mol. The standard InChI is InChI=1S/C45H62O4/c1-30(2)8-7-9-31(3)39-20-21-40-38-19-16-35-26-37(22-24-44(35,5)41(38)23-25-45(39,40)6)49-42(46)34-12-10-32(11-13-34)33-14-17-36(18-15-33)48-29-43(4)27-47-28-43/h10-18,30-31,37-41H,7-9,19-29H2,1-6H3. The van der Waals surface area contributed by atoms with Gasteiger partial charge in [-0.25, -0.2) is 4.79 Å². The third kappa shape index (κ3) is 6.89. The van der Waals surface area contributed by atoms with Gasteiger partial charge in [-0.05, 0) is 127 Å². The van der Waals surface area contributed by atoms with Crippen LogP contribution in [0.5, 0.6) is 5.75 Å². The van der Waals surface area contributed by atoms with Gasteiger partial charge in [-0.15, -0.1) is 0 Å². The maximum Gasteiger partial charge on any atom is 0.338 e. The number of hydrogen-bond donors (Lipinski definition) is 0. The van der Waals surface area contributed by atoms with E-state index in [-0.39, 0.29) is 22.9 Å². The molecular formula is C45H62O4. The van der Waals surface area contributed by atoms with Crippen molar-refractivity contribution >= 4 is 5.97 Å². The highest BCUT2D eigenvalue weighted by Gasteiger charge is 2.59. The lowest BCUT2D eigenvalue weighted by Gasteiger charge is -2.58. The minimum atomic E-state index is -0.195. The Hall–Kier alpha value is -2.59. The van der Waals surface area contributed by atoms with Crippen molar-refractivity contribution in [2.45, 2.75) is 118 Å². The average molecular weight is 667 g/mol. The summed E-state index contributed by atoms with van der Waals surface area (Å²) in [7, 11) is 0. The van der Waals surface area contributed by atoms with E-state index in [1.165, 1.54) is 51.4 Å². The number of carbonyl (C=O) groups excluding carboxylic acids is 1. The van der Waals surface area contributed by atoms with E-state index < -0.39 is 0 Å². The predicted molar refractivity (Wildman–Crippen MR) is 199 cm³/mol. The molecule has 2 aromatic carbocycles. The van der Waals surface area contributed by atoms with Crippen molar-refractivity contribution in [1.29, 1.82) is 0 Å². The summed E-state index contributed by atoms with van der Waals surface area (Å²) in [6, 6.07) is 16.1. The number of hydrogen-bond acceptors (Lipinski definition) is 4. The van der Waals surface area contributed by atoms with Crippen LogP contribution in [-0.2, 0) is 9.47 Å². The molecule has 2 aromatic rings. The van der Waals surface area contributed by atoms with Gasteiger partial charge in [0.2, 0.25) is 0 Å². The number of rotatable bonds is 11. The Kier molecular flexibility index (Phi) is 9.85. The number of benzene rings is 2. The number of fused-ring (bicyclic) bond motifs is 5. The summed E-state index contributed by atoms with van der Waals surface area (Å²) in [5.74, 6) is 5.73. The zero-order valence-corrected chi connectivity index (χ0v) is 31.3. The summed E-state index contributed by atoms with van der Waals surface area (Å²) < 4.78 is 17.5. The van der Waals surface area contributed by atoms with E-state index in [0.29, 0.717) is 17.6 Å². The lowest BCUT2D eigenvalue weighted by atomic mass is 9.47. The van der Waals surface area contributed by atoms with E-state index in [0.717, 1.165) is 84.9 Å². The monoisotopic (exact) mass is 666 g/mol. The first-order valence-corrected chi connectivity index (χ1v) is 19.8. The molecule has 1 heterocycles. The third-order valence-corrected chi connectivity index (χ3v) is 14.3. The van der Waals surface area contributed by atoms with Gasteiger partial charge in [0.05, 0.1) is 25.4 Å². The molecule has 0 N–H and O–H groups in total. The molecule has 4 heteroatoms. The van der Waals surface area contributed by atoms with Gasteiger partial charge in [0.15, 0.2) is 0 Å². The van der Waals surface area contributed by atoms with Crippen LogP contribution in [0.15, 0.2) is 60.2 Å². The molecule has 3 saturated carbocycles. The van der Waals surface area contributed by atoms with Crippen LogP contribution in [0.2, 0.25) is 0 Å². The first kappa shape index (κ1) is 34.8. The fraction of sp³-hybridized carbons (Fsp3) is 0.667. The van der Waals surface area contributed by atoms with Gasteiger partial charge in [-0.2, -0.15) is 0 Å². The van der Waals surface area contributed by atoms with Crippen LogP contribution in [0.25, 0.3) is 11.1 Å². The Morgan fingerprint density at radius 1 is 0.857 bits per heavy atom. The molecule has 0 bridgehead atoms. The zero-order valence-electron chi connectivity index (χ0n) is 31.3. The molecule has 0 aromatic heterocycles. The van der Waals surface area contributed by atoms with Crippen molar-refractivity contribution in [2.75, 3.05) is 19.8 Å². The second-order valence-corrected chi connectivity index (χ2v) is 18.3. The summed E-state index contributed by atoms with van der Waals surface area (Å²) in [4.78, 5) is 13.3. The highest BCUT2D eigenvalue weighted by atomic mass is 16.5. The van der Waals surface area contributed by atoms with Crippen LogP contribution in [0.1, 0.15) is 123 Å². The minimum Gasteiger partial charge on any atom is -0.493 e. The fourth-order valence-electron chi connectivity index (χ4n) is 11.3. The molecule has 0 radical (unpaired) electrons. The molecule has 1 saturated heterocycles. The largest absolute Gasteiger partial charge is 0.493 e. The summed E-state index contributed by atoms with van der Waals surface area (Å²) in [5.41, 5.74) is 5.30. The van der Waals surface area contributed by atoms with Crippen molar-refractivity contribution in [3.63, 3.8) is 0 Å². The van der Waals surface area contributed by atoms with Gasteiger partial charge in [0.1, 0.15) is 11.9 Å². The highest BCUT2D eigenvalue weighted by molar-refractivity contribution is 5.90. The summed E-state index contributed by atoms with van der Waals surface area (Å²) in [6.45, 7) is 16.9. The Morgan fingerprint density at radius 2 is 1.57 bits per heavy atom. The van der Waals surface area contributed by atoms with Crippen molar-refractivity contribution in [3.05, 3.63) is 65.7 Å². The van der Waals surface area contributed by atoms with Crippen LogP contribution in [-0.4, -0.2) is 31.9 Å². The Balaban J connectivity index is 0.939. The maximum atomic E-state index is 13.3. The Labute approximate surface area is 296 Å². The van der Waals surface area contributed by atoms with Gasteiger partial charge < -0.3 is 14.2 Å². The normalized spacial score (nSPS) is 33.8. The molecule has 49 heavy (non-hydrogen) atoms. The SMILES string of the molecule is CC(C)CCCC(C)C1CCC2C3CC=C4CC(OC(=O)c5ccc(-c6ccc(OCC7(C)COC7)cc6)cc5)CCC4(C)C3CCC12C. The molecule has 266 valence electrons. The molecule has 8 unspecified atom stereocenters. The van der Waals surface area contributed by atoms with E-state index in [4.69, 9.17) is 14.2 Å². The second kappa shape index (κ2) is 13.9. The molecule has 4 aliphatic carbocycles. The third-order valence-electron chi connectivity index (χ3n) is 14.3. The van der Waals surface area contributed by atoms with E-state index >= 15 is 0 Å². The van der Waals surface area contributed by atoms with Crippen LogP contribution in [0, 0.1) is 51.8 Å². The van der Waals surface area contributed by atoms with Gasteiger partial charge in [-0.1, -0.05) is 96.7 Å². The predicted octanol–water partition coefficient (Wildman–Crippen LogP) is 11.3. The minimum absolute atomic E-state index is 0.0271. The molecule has 0 amide bonds. The zero-order chi connectivity index (χ0) is 34.4. The summed E-state index contributed by atoms with van der Waals surface area (Å²) in [6.07, 6.45) is 16.7. The van der Waals surface area contributed by atoms with Crippen LogP contribution >= 0.6 is 0 Å². The molecule has 7 rings (SSSR count). The lowest BCUT2D eigenvalue weighted by Crippen LogP contribution is -2.51. The van der Waals surface area contributed by atoms with Crippen LogP contribution in [0.3, 0.4) is 0 Å². The smallest absolute Gasteiger partial charge is 0.338 e. The first-order chi connectivity index (χ1) is 23.5. The van der Waals surface area contributed by atoms with Crippen molar-refractivity contribution in [3.8, 4) is 16.9 Å². The van der Waals surface area contributed by atoms with Gasteiger partial charge >= 0.3 is 5.97 Å². The summed E-state index contributed by atoms with van der Waals surface area (Å²) in [5, 5.41) is 0. The van der Waals surface area contributed by atoms with E-state index in [9.17, 15) is 4.79 Å². The van der Waals surface area contributed by atoms with E-state index in [1.807, 2.05) is 36.4 Å². The molecule has 4 nitrogen and oxygen atoms in total. The van der Waals surface area contributed by atoms with Gasteiger partial charge in [-0.3, -0.25) is 0 Å². The number of allylic oxidation sites excluding steroid dienone is 1. The Morgan fingerprint density at radius 3 is 2.24 bits per heavy atom. The van der Waals surface area contributed by atoms with Crippen molar-refractivity contribution in [2.24, 2.45) is 51.8 Å². The highest BCUT2D eigenvalue weighted by Crippen LogP contribution is 2.67. The van der Waals surface area contributed by atoms with Crippen LogP contribution in [0.4, 0.5) is 0 Å². The van der Waals surface area contributed by atoms with E-state index in [2.05, 4.69) is 59.8 Å². The number of ether oxygens (including phenoxy) is 3. The molecule has 5 aliphatic rings. The lowest BCUT2D eigenvalue weighted by molar-refractivity contribution is -0.120. The summed E-state index contributed by atoms with van der Waals surface area (Å²) >= 11 is 0. The topological polar surface area (TPSA) is 44.8 Å². The number of esters is 1. The van der Waals surface area contributed by atoms with Crippen LogP contribution < -0.4 is 4.74 Å². The second-order valence-electron chi connectivity index (χ2n) is 18.3.